The second-order valence-corrected chi connectivity index (χ2v) is 3.84. The monoisotopic (exact) mass is 333 g/mol. The maximum absolute atomic E-state index is 12.5. The number of carbonyl (C=O) groups is 1. The molecule has 0 atom stereocenters. The fourth-order valence-corrected chi connectivity index (χ4v) is 1.64. The summed E-state index contributed by atoms with van der Waals surface area (Å²) in [7, 11) is 0.921. The number of hydrogen-bond acceptors (Lipinski definition) is 3. The molecule has 0 aliphatic carbocycles. The summed E-state index contributed by atoms with van der Waals surface area (Å²) in [5.41, 5.74) is -3.40. The summed E-state index contributed by atoms with van der Waals surface area (Å²) in [6, 6.07) is 0.349. The topological polar surface area (TPSA) is 39.2 Å². The van der Waals surface area contributed by atoms with Crippen molar-refractivity contribution in [3.05, 3.63) is 27.5 Å². The molecular formula is C9H5BrF5NO2. The molecule has 1 aromatic heterocycles. The lowest BCUT2D eigenvalue weighted by atomic mass is 10.2. The molecule has 0 aliphatic rings. The minimum Gasteiger partial charge on any atom is -0.465 e. The summed E-state index contributed by atoms with van der Waals surface area (Å²) in [4.78, 5) is 14.0. The van der Waals surface area contributed by atoms with Gasteiger partial charge in [0.25, 0.3) is 6.43 Å². The van der Waals surface area contributed by atoms with E-state index in [1.807, 2.05) is 0 Å². The van der Waals surface area contributed by atoms with E-state index < -0.39 is 40.0 Å². The van der Waals surface area contributed by atoms with Crippen molar-refractivity contribution in [1.29, 1.82) is 0 Å². The third-order valence-corrected chi connectivity index (χ3v) is 2.72. The zero-order valence-corrected chi connectivity index (χ0v) is 10.3. The predicted octanol–water partition coefficient (Wildman–Crippen LogP) is 3.59. The van der Waals surface area contributed by atoms with Crippen LogP contribution in [-0.2, 0) is 10.9 Å². The first-order valence-corrected chi connectivity index (χ1v) is 5.12. The van der Waals surface area contributed by atoms with E-state index in [0.29, 0.717) is 6.07 Å². The van der Waals surface area contributed by atoms with E-state index in [9.17, 15) is 26.7 Å². The lowest BCUT2D eigenvalue weighted by Gasteiger charge is -2.12. The van der Waals surface area contributed by atoms with Crippen molar-refractivity contribution >= 4 is 21.9 Å². The standard InChI is InChI=1S/C9H5BrF5NO2/c1-18-8(17)3-2-4(9(13,14)15)16-6(5(3)10)7(11)12/h2,7H,1H3. The van der Waals surface area contributed by atoms with Crippen molar-refractivity contribution < 1.29 is 31.5 Å². The number of nitrogens with zero attached hydrogens (tertiary/aromatic N) is 1. The van der Waals surface area contributed by atoms with Crippen LogP contribution in [-0.4, -0.2) is 18.1 Å². The van der Waals surface area contributed by atoms with E-state index in [1.165, 1.54) is 0 Å². The van der Waals surface area contributed by atoms with Gasteiger partial charge in [-0.15, -0.1) is 0 Å². The molecule has 0 amide bonds. The highest BCUT2D eigenvalue weighted by molar-refractivity contribution is 9.10. The second-order valence-electron chi connectivity index (χ2n) is 3.04. The van der Waals surface area contributed by atoms with Gasteiger partial charge in [0.05, 0.1) is 17.1 Å². The van der Waals surface area contributed by atoms with E-state index in [1.54, 1.807) is 0 Å². The molecule has 1 rings (SSSR count). The fraction of sp³-hybridized carbons (Fsp3) is 0.333. The van der Waals surface area contributed by atoms with E-state index in [-0.39, 0.29) is 0 Å². The molecule has 0 radical (unpaired) electrons. The Morgan fingerprint density at radius 2 is 2.00 bits per heavy atom. The van der Waals surface area contributed by atoms with Crippen molar-refractivity contribution in [2.75, 3.05) is 7.11 Å². The van der Waals surface area contributed by atoms with Gasteiger partial charge in [0.1, 0.15) is 11.4 Å². The van der Waals surface area contributed by atoms with Crippen molar-refractivity contribution in [2.24, 2.45) is 0 Å². The van der Waals surface area contributed by atoms with E-state index in [0.717, 1.165) is 7.11 Å². The summed E-state index contributed by atoms with van der Waals surface area (Å²) >= 11 is 2.61. The summed E-state index contributed by atoms with van der Waals surface area (Å²) < 4.78 is 66.1. The maximum atomic E-state index is 12.5. The third-order valence-electron chi connectivity index (χ3n) is 1.89. The Morgan fingerprint density at radius 1 is 1.44 bits per heavy atom. The summed E-state index contributed by atoms with van der Waals surface area (Å²) in [6.07, 6.45) is -8.20. The molecule has 0 N–H and O–H groups in total. The largest absolute Gasteiger partial charge is 0.465 e. The Balaban J connectivity index is 3.52. The average Bonchev–Trinajstić information content (AvgIpc) is 2.26. The molecule has 3 nitrogen and oxygen atoms in total. The number of esters is 1. The zero-order valence-electron chi connectivity index (χ0n) is 8.69. The van der Waals surface area contributed by atoms with Crippen LogP contribution in [0.15, 0.2) is 10.5 Å². The first kappa shape index (κ1) is 14.8. The van der Waals surface area contributed by atoms with Crippen molar-refractivity contribution in [3.8, 4) is 0 Å². The first-order chi connectivity index (χ1) is 8.18. The van der Waals surface area contributed by atoms with Gasteiger partial charge in [-0.1, -0.05) is 0 Å². The number of hydrogen-bond donors (Lipinski definition) is 0. The van der Waals surface area contributed by atoms with Gasteiger partial charge in [0.15, 0.2) is 0 Å². The minimum atomic E-state index is -4.94. The molecule has 0 aromatic carbocycles. The van der Waals surface area contributed by atoms with Crippen LogP contribution in [0.25, 0.3) is 0 Å². The number of ether oxygens (including phenoxy) is 1. The van der Waals surface area contributed by atoms with Crippen molar-refractivity contribution in [2.45, 2.75) is 12.6 Å². The van der Waals surface area contributed by atoms with Gasteiger partial charge < -0.3 is 4.74 Å². The Hall–Kier alpha value is -1.25. The normalized spacial score (nSPS) is 11.8. The van der Waals surface area contributed by atoms with Crippen LogP contribution in [0.2, 0.25) is 0 Å². The molecular weight excluding hydrogens is 329 g/mol. The van der Waals surface area contributed by atoms with Gasteiger partial charge >= 0.3 is 12.1 Å². The quantitative estimate of drug-likeness (QED) is 0.613. The van der Waals surface area contributed by atoms with E-state index >= 15 is 0 Å². The van der Waals surface area contributed by atoms with Crippen LogP contribution in [0.4, 0.5) is 22.0 Å². The summed E-state index contributed by atoms with van der Waals surface area (Å²) in [5, 5.41) is 0. The molecule has 0 aliphatic heterocycles. The average molecular weight is 334 g/mol. The highest BCUT2D eigenvalue weighted by atomic mass is 79.9. The van der Waals surface area contributed by atoms with Crippen LogP contribution in [0.3, 0.4) is 0 Å². The highest BCUT2D eigenvalue weighted by Crippen LogP contribution is 2.35. The highest BCUT2D eigenvalue weighted by Gasteiger charge is 2.36. The van der Waals surface area contributed by atoms with Crippen molar-refractivity contribution in [3.63, 3.8) is 0 Å². The summed E-state index contributed by atoms with van der Waals surface area (Å²) in [6.45, 7) is 0. The van der Waals surface area contributed by atoms with Crippen LogP contribution in [0.1, 0.15) is 28.2 Å². The number of halogens is 6. The van der Waals surface area contributed by atoms with Crippen LogP contribution < -0.4 is 0 Å². The molecule has 1 aromatic rings. The van der Waals surface area contributed by atoms with Gasteiger partial charge in [0, 0.05) is 0 Å². The Labute approximate surface area is 106 Å². The van der Waals surface area contributed by atoms with E-state index in [2.05, 4.69) is 25.7 Å². The molecule has 0 saturated carbocycles. The number of aromatic nitrogens is 1. The number of carbonyl (C=O) groups excluding carboxylic acids is 1. The Kier molecular flexibility index (Phi) is 4.25. The molecule has 0 spiro atoms. The van der Waals surface area contributed by atoms with Crippen molar-refractivity contribution in [1.82, 2.24) is 4.98 Å². The third kappa shape index (κ3) is 2.95. The lowest BCUT2D eigenvalue weighted by Crippen LogP contribution is -2.14. The molecule has 18 heavy (non-hydrogen) atoms. The van der Waals surface area contributed by atoms with Gasteiger partial charge in [-0.3, -0.25) is 0 Å². The van der Waals surface area contributed by atoms with E-state index in [4.69, 9.17) is 0 Å². The van der Waals surface area contributed by atoms with Crippen LogP contribution in [0, 0.1) is 0 Å². The lowest BCUT2D eigenvalue weighted by molar-refractivity contribution is -0.141. The zero-order chi connectivity index (χ0) is 14.1. The summed E-state index contributed by atoms with van der Waals surface area (Å²) in [5.74, 6) is -1.17. The van der Waals surface area contributed by atoms with Gasteiger partial charge in [-0.05, 0) is 22.0 Å². The number of methoxy groups -OCH3 is 1. The molecule has 100 valence electrons. The predicted molar refractivity (Wildman–Crippen MR) is 53.2 cm³/mol. The first-order valence-electron chi connectivity index (χ1n) is 4.32. The van der Waals surface area contributed by atoms with Gasteiger partial charge in [-0.25, -0.2) is 18.6 Å². The molecule has 9 heteroatoms. The molecule has 1 heterocycles. The van der Waals surface area contributed by atoms with Crippen LogP contribution in [0.5, 0.6) is 0 Å². The smallest absolute Gasteiger partial charge is 0.433 e. The molecule has 0 unspecified atom stereocenters. The minimum absolute atomic E-state index is 0.349. The Bertz CT molecular complexity index is 475. The second kappa shape index (κ2) is 5.17. The Morgan fingerprint density at radius 3 is 2.39 bits per heavy atom. The molecule has 0 fully saturated rings. The van der Waals surface area contributed by atoms with Crippen LogP contribution >= 0.6 is 15.9 Å². The number of rotatable bonds is 2. The number of alkyl halides is 5. The molecule has 0 bridgehead atoms. The SMILES string of the molecule is COC(=O)c1cc(C(F)(F)F)nc(C(F)F)c1Br. The van der Waals surface area contributed by atoms with Gasteiger partial charge in [0.2, 0.25) is 0 Å². The molecule has 0 saturated heterocycles. The fourth-order valence-electron chi connectivity index (χ4n) is 1.10. The maximum Gasteiger partial charge on any atom is 0.433 e. The van der Waals surface area contributed by atoms with Gasteiger partial charge in [-0.2, -0.15) is 13.2 Å². The number of pyridine rings is 1.